The van der Waals surface area contributed by atoms with E-state index in [9.17, 15) is 24.9 Å². The minimum absolute atomic E-state index is 0.174. The third-order valence-corrected chi connectivity index (χ3v) is 8.06. The molecule has 5 rings (SSSR count). The number of aliphatic carboxylic acids is 1. The summed E-state index contributed by atoms with van der Waals surface area (Å²) in [5.74, 6) is -2.92. The van der Waals surface area contributed by atoms with E-state index < -0.39 is 45.9 Å². The Hall–Kier alpha value is -1.66. The number of fused-ring (bicyclic) bond motifs is 1. The zero-order chi connectivity index (χ0) is 18.0. The molecule has 8 unspecified atom stereocenters. The lowest BCUT2D eigenvalue weighted by Gasteiger charge is -2.47. The largest absolute Gasteiger partial charge is 0.481 e. The fraction of sp³-hybridized carbons (Fsp3) is 0.684. The van der Waals surface area contributed by atoms with Crippen molar-refractivity contribution in [2.75, 3.05) is 0 Å². The first kappa shape index (κ1) is 15.6. The van der Waals surface area contributed by atoms with Gasteiger partial charge in [-0.2, -0.15) is 0 Å². The smallest absolute Gasteiger partial charge is 0.316 e. The van der Waals surface area contributed by atoms with Crippen LogP contribution in [0.1, 0.15) is 32.6 Å². The second kappa shape index (κ2) is 4.01. The Morgan fingerprint density at radius 2 is 2.16 bits per heavy atom. The Balaban J connectivity index is 1.78. The summed E-state index contributed by atoms with van der Waals surface area (Å²) in [6.07, 6.45) is 3.92. The van der Waals surface area contributed by atoms with Gasteiger partial charge >= 0.3 is 11.9 Å². The summed E-state index contributed by atoms with van der Waals surface area (Å²) in [5.41, 5.74) is -3.54. The SMILES string of the molecule is C=C1CC23CC1(O)C(O)CC2C12CC=CC(C)(C(=O)O1)C2C3C(=O)O. The van der Waals surface area contributed by atoms with Crippen molar-refractivity contribution in [3.63, 3.8) is 0 Å². The van der Waals surface area contributed by atoms with E-state index in [1.807, 2.05) is 6.08 Å². The van der Waals surface area contributed by atoms with Crippen LogP contribution in [0.15, 0.2) is 24.3 Å². The maximum Gasteiger partial charge on any atom is 0.316 e. The Labute approximate surface area is 145 Å². The molecular formula is C19H22O6. The fourth-order valence-electron chi connectivity index (χ4n) is 7.20. The zero-order valence-corrected chi connectivity index (χ0v) is 14.1. The highest BCUT2D eigenvalue weighted by Crippen LogP contribution is 2.77. The number of carboxylic acids is 1. The first-order valence-electron chi connectivity index (χ1n) is 8.84. The zero-order valence-electron chi connectivity index (χ0n) is 14.1. The first-order chi connectivity index (χ1) is 11.6. The molecule has 0 aromatic heterocycles. The van der Waals surface area contributed by atoms with Gasteiger partial charge in [0.2, 0.25) is 0 Å². The van der Waals surface area contributed by atoms with Gasteiger partial charge in [0.05, 0.1) is 17.4 Å². The van der Waals surface area contributed by atoms with Crippen molar-refractivity contribution < 1.29 is 29.6 Å². The van der Waals surface area contributed by atoms with Crippen molar-refractivity contribution in [2.24, 2.45) is 28.6 Å². The number of carbonyl (C=O) groups excluding carboxylic acids is 1. The van der Waals surface area contributed by atoms with Crippen LogP contribution >= 0.6 is 0 Å². The van der Waals surface area contributed by atoms with E-state index in [-0.39, 0.29) is 24.7 Å². The van der Waals surface area contributed by atoms with Crippen LogP contribution in [0.4, 0.5) is 0 Å². The third-order valence-electron chi connectivity index (χ3n) is 8.06. The van der Waals surface area contributed by atoms with Gasteiger partial charge in [0.1, 0.15) is 11.2 Å². The summed E-state index contributed by atoms with van der Waals surface area (Å²) >= 11 is 0. The number of ether oxygens (including phenoxy) is 1. The van der Waals surface area contributed by atoms with Crippen LogP contribution in [0.5, 0.6) is 0 Å². The monoisotopic (exact) mass is 346 g/mol. The summed E-state index contributed by atoms with van der Waals surface area (Å²) in [6, 6.07) is 0. The number of carboxylic acid groups (broad SMARTS) is 1. The summed E-state index contributed by atoms with van der Waals surface area (Å²) in [7, 11) is 0. The lowest BCUT2D eigenvalue weighted by atomic mass is 9.61. The van der Waals surface area contributed by atoms with Crippen molar-refractivity contribution in [1.82, 2.24) is 0 Å². The summed E-state index contributed by atoms with van der Waals surface area (Å²) in [5, 5.41) is 31.7. The minimum atomic E-state index is -1.44. The molecule has 4 aliphatic carbocycles. The Morgan fingerprint density at radius 1 is 1.44 bits per heavy atom. The van der Waals surface area contributed by atoms with Crippen LogP contribution in [-0.2, 0) is 14.3 Å². The molecule has 1 spiro atoms. The molecule has 6 heteroatoms. The number of carbonyl (C=O) groups is 2. The van der Waals surface area contributed by atoms with Crippen LogP contribution in [0.3, 0.4) is 0 Å². The molecule has 134 valence electrons. The number of hydrogen-bond acceptors (Lipinski definition) is 5. The molecule has 6 nitrogen and oxygen atoms in total. The number of hydrogen-bond donors (Lipinski definition) is 3. The topological polar surface area (TPSA) is 104 Å². The van der Waals surface area contributed by atoms with Gasteiger partial charge in [0.15, 0.2) is 0 Å². The van der Waals surface area contributed by atoms with Crippen LogP contribution in [0.25, 0.3) is 0 Å². The van der Waals surface area contributed by atoms with Gasteiger partial charge in [-0.25, -0.2) is 0 Å². The molecule has 3 saturated carbocycles. The lowest BCUT2D eigenvalue weighted by molar-refractivity contribution is -0.170. The van der Waals surface area contributed by atoms with E-state index in [2.05, 4.69) is 6.58 Å². The van der Waals surface area contributed by atoms with E-state index in [0.717, 1.165) is 0 Å². The molecule has 0 aromatic rings. The van der Waals surface area contributed by atoms with E-state index in [1.54, 1.807) is 13.0 Å². The Bertz CT molecular complexity index is 772. The molecule has 8 atom stereocenters. The third kappa shape index (κ3) is 1.36. The molecule has 0 radical (unpaired) electrons. The Morgan fingerprint density at radius 3 is 2.84 bits per heavy atom. The van der Waals surface area contributed by atoms with Gasteiger partial charge in [-0.05, 0) is 37.2 Å². The molecule has 4 bridgehead atoms. The van der Waals surface area contributed by atoms with Crippen molar-refractivity contribution in [2.45, 2.75) is 49.9 Å². The molecule has 4 fully saturated rings. The van der Waals surface area contributed by atoms with E-state index >= 15 is 0 Å². The first-order valence-corrected chi connectivity index (χ1v) is 8.84. The standard InChI is InChI=1S/C19H22O6/c1-9-7-17-8-18(9,24)11(20)6-10(17)19-5-3-4-16(2,15(23)25-19)13(19)12(17)14(21)22/h3-4,10-13,20,24H,1,5-8H2,2H3,(H,21,22). The van der Waals surface area contributed by atoms with Gasteiger partial charge in [0, 0.05) is 18.3 Å². The van der Waals surface area contributed by atoms with Crippen molar-refractivity contribution >= 4 is 11.9 Å². The second-order valence-corrected chi connectivity index (χ2v) is 8.95. The molecule has 5 aliphatic rings. The van der Waals surface area contributed by atoms with Crippen LogP contribution in [0.2, 0.25) is 0 Å². The van der Waals surface area contributed by atoms with E-state index in [0.29, 0.717) is 18.4 Å². The molecule has 0 amide bonds. The van der Waals surface area contributed by atoms with Crippen molar-refractivity contribution in [3.8, 4) is 0 Å². The number of aliphatic hydroxyl groups is 2. The quantitative estimate of drug-likeness (QED) is 0.484. The van der Waals surface area contributed by atoms with Gasteiger partial charge in [-0.15, -0.1) is 0 Å². The van der Waals surface area contributed by atoms with Crippen LogP contribution < -0.4 is 0 Å². The summed E-state index contributed by atoms with van der Waals surface area (Å²) in [6.45, 7) is 5.71. The van der Waals surface area contributed by atoms with Crippen molar-refractivity contribution in [1.29, 1.82) is 0 Å². The fourth-order valence-corrected chi connectivity index (χ4v) is 7.20. The van der Waals surface area contributed by atoms with Gasteiger partial charge < -0.3 is 20.1 Å². The maximum absolute atomic E-state index is 12.6. The molecule has 25 heavy (non-hydrogen) atoms. The van der Waals surface area contributed by atoms with Gasteiger partial charge in [0.25, 0.3) is 0 Å². The highest BCUT2D eigenvalue weighted by molar-refractivity contribution is 5.86. The van der Waals surface area contributed by atoms with Gasteiger partial charge in [-0.3, -0.25) is 9.59 Å². The highest BCUT2D eigenvalue weighted by Gasteiger charge is 2.83. The minimum Gasteiger partial charge on any atom is -0.481 e. The second-order valence-electron chi connectivity index (χ2n) is 8.95. The van der Waals surface area contributed by atoms with Crippen molar-refractivity contribution in [3.05, 3.63) is 24.3 Å². The number of aliphatic hydroxyl groups excluding tert-OH is 1. The average Bonchev–Trinajstić information content (AvgIpc) is 2.93. The average molecular weight is 346 g/mol. The van der Waals surface area contributed by atoms with E-state index in [4.69, 9.17) is 4.74 Å². The highest BCUT2D eigenvalue weighted by atomic mass is 16.6. The summed E-state index contributed by atoms with van der Waals surface area (Å²) in [4.78, 5) is 25.0. The molecule has 1 saturated heterocycles. The predicted molar refractivity (Wildman–Crippen MR) is 85.2 cm³/mol. The predicted octanol–water partition coefficient (Wildman–Crippen LogP) is 1.03. The summed E-state index contributed by atoms with van der Waals surface area (Å²) < 4.78 is 5.92. The number of rotatable bonds is 1. The lowest BCUT2D eigenvalue weighted by Crippen LogP contribution is -2.53. The normalized spacial score (nSPS) is 58.0. The van der Waals surface area contributed by atoms with Gasteiger partial charge in [-0.1, -0.05) is 18.7 Å². The molecule has 1 heterocycles. The van der Waals surface area contributed by atoms with Crippen LogP contribution in [-0.4, -0.2) is 44.6 Å². The molecule has 0 aromatic carbocycles. The van der Waals surface area contributed by atoms with Crippen LogP contribution in [0, 0.1) is 28.6 Å². The molecule has 3 N–H and O–H groups in total. The maximum atomic E-state index is 12.6. The Kier molecular flexibility index (Phi) is 2.50. The molecular weight excluding hydrogens is 324 g/mol. The van der Waals surface area contributed by atoms with E-state index in [1.165, 1.54) is 0 Å². The molecule has 1 aliphatic heterocycles. The number of esters is 1.